The Morgan fingerprint density at radius 3 is 2.18 bits per heavy atom. The summed E-state index contributed by atoms with van der Waals surface area (Å²) in [5, 5.41) is 0. The Bertz CT molecular complexity index is 234. The molecule has 0 heterocycles. The third kappa shape index (κ3) is 1.05. The molecule has 1 nitrogen and oxygen atoms in total. The molecule has 0 amide bonds. The Balaban J connectivity index is 2.20. The van der Waals surface area contributed by atoms with Gasteiger partial charge < -0.3 is 5.73 Å². The zero-order chi connectivity index (χ0) is 7.84. The molecule has 1 aliphatic carbocycles. The summed E-state index contributed by atoms with van der Waals surface area (Å²) in [5.74, 6) is 1.30. The molecule has 1 saturated carbocycles. The van der Waals surface area contributed by atoms with E-state index in [0.29, 0.717) is 17.9 Å². The topological polar surface area (TPSA) is 26.0 Å². The quantitative estimate of drug-likeness (QED) is 0.643. The molecule has 58 valence electrons. The van der Waals surface area contributed by atoms with Crippen LogP contribution < -0.4 is 5.73 Å². The highest BCUT2D eigenvalue weighted by Gasteiger charge is 2.44. The van der Waals surface area contributed by atoms with Crippen molar-refractivity contribution in [3.63, 3.8) is 0 Å². The molecular formula is C10H13N. The van der Waals surface area contributed by atoms with Crippen LogP contribution in [0, 0.1) is 5.92 Å². The van der Waals surface area contributed by atoms with Crippen LogP contribution in [0.4, 0.5) is 0 Å². The van der Waals surface area contributed by atoms with E-state index in [0.717, 1.165) is 0 Å². The van der Waals surface area contributed by atoms with Crippen LogP contribution in [-0.2, 0) is 0 Å². The van der Waals surface area contributed by atoms with E-state index in [1.807, 2.05) is 6.07 Å². The SMILES string of the molecule is C[C@H]1[C@@H](N)[C@H]1c1ccccc1. The largest absolute Gasteiger partial charge is 0.327 e. The molecule has 2 N–H and O–H groups in total. The lowest BCUT2D eigenvalue weighted by Crippen LogP contribution is -2.02. The summed E-state index contributed by atoms with van der Waals surface area (Å²) in [6.07, 6.45) is 0. The van der Waals surface area contributed by atoms with Crippen molar-refractivity contribution in [3.8, 4) is 0 Å². The predicted octanol–water partition coefficient (Wildman–Crippen LogP) is 1.75. The summed E-state index contributed by atoms with van der Waals surface area (Å²) in [6.45, 7) is 2.21. The van der Waals surface area contributed by atoms with Gasteiger partial charge in [-0.05, 0) is 11.5 Å². The van der Waals surface area contributed by atoms with Gasteiger partial charge >= 0.3 is 0 Å². The van der Waals surface area contributed by atoms with Crippen molar-refractivity contribution < 1.29 is 0 Å². The Kier molecular flexibility index (Phi) is 1.46. The molecule has 0 aliphatic heterocycles. The summed E-state index contributed by atoms with van der Waals surface area (Å²) in [4.78, 5) is 0. The highest BCUT2D eigenvalue weighted by molar-refractivity contribution is 5.29. The summed E-state index contributed by atoms with van der Waals surface area (Å²) in [5.41, 5.74) is 7.24. The second-order valence-electron chi connectivity index (χ2n) is 3.37. The van der Waals surface area contributed by atoms with Gasteiger partial charge in [0.05, 0.1) is 0 Å². The maximum Gasteiger partial charge on any atom is 0.0143 e. The monoisotopic (exact) mass is 147 g/mol. The fourth-order valence-corrected chi connectivity index (χ4v) is 1.69. The average molecular weight is 147 g/mol. The van der Waals surface area contributed by atoms with Gasteiger partial charge in [0.25, 0.3) is 0 Å². The van der Waals surface area contributed by atoms with E-state index in [9.17, 15) is 0 Å². The fraction of sp³-hybridized carbons (Fsp3) is 0.400. The molecule has 3 atom stereocenters. The Labute approximate surface area is 67.2 Å². The second-order valence-corrected chi connectivity index (χ2v) is 3.37. The van der Waals surface area contributed by atoms with Gasteiger partial charge in [-0.1, -0.05) is 37.3 Å². The molecule has 0 saturated heterocycles. The highest BCUT2D eigenvalue weighted by Crippen LogP contribution is 2.45. The van der Waals surface area contributed by atoms with Crippen LogP contribution in [0.25, 0.3) is 0 Å². The number of benzene rings is 1. The number of nitrogens with two attached hydrogens (primary N) is 1. The van der Waals surface area contributed by atoms with Crippen molar-refractivity contribution in [2.24, 2.45) is 11.7 Å². The smallest absolute Gasteiger partial charge is 0.0143 e. The second kappa shape index (κ2) is 2.35. The first-order valence-electron chi connectivity index (χ1n) is 4.11. The van der Waals surface area contributed by atoms with Crippen molar-refractivity contribution in [3.05, 3.63) is 35.9 Å². The van der Waals surface area contributed by atoms with E-state index in [1.165, 1.54) is 5.56 Å². The summed E-state index contributed by atoms with van der Waals surface area (Å²) >= 11 is 0. The molecule has 0 aromatic heterocycles. The van der Waals surface area contributed by atoms with Crippen LogP contribution in [0.3, 0.4) is 0 Å². The third-order valence-electron chi connectivity index (χ3n) is 2.63. The van der Waals surface area contributed by atoms with E-state index >= 15 is 0 Å². The Morgan fingerprint density at radius 1 is 1.18 bits per heavy atom. The summed E-state index contributed by atoms with van der Waals surface area (Å²) < 4.78 is 0. The normalized spacial score (nSPS) is 35.3. The molecule has 1 fully saturated rings. The van der Waals surface area contributed by atoms with E-state index < -0.39 is 0 Å². The van der Waals surface area contributed by atoms with Gasteiger partial charge in [-0.2, -0.15) is 0 Å². The average Bonchev–Trinajstić information content (AvgIpc) is 2.62. The van der Waals surface area contributed by atoms with Gasteiger partial charge in [0, 0.05) is 12.0 Å². The molecule has 1 aromatic carbocycles. The van der Waals surface area contributed by atoms with E-state index in [4.69, 9.17) is 5.73 Å². The molecule has 2 rings (SSSR count). The van der Waals surface area contributed by atoms with Gasteiger partial charge in [-0.3, -0.25) is 0 Å². The van der Waals surface area contributed by atoms with Gasteiger partial charge in [-0.15, -0.1) is 0 Å². The van der Waals surface area contributed by atoms with Crippen LogP contribution in [-0.4, -0.2) is 6.04 Å². The minimum atomic E-state index is 0.400. The Hall–Kier alpha value is -0.820. The predicted molar refractivity (Wildman–Crippen MR) is 46.3 cm³/mol. The van der Waals surface area contributed by atoms with Crippen molar-refractivity contribution in [2.45, 2.75) is 18.9 Å². The molecule has 0 unspecified atom stereocenters. The third-order valence-corrected chi connectivity index (χ3v) is 2.63. The molecule has 1 aliphatic rings. The fourth-order valence-electron chi connectivity index (χ4n) is 1.69. The standard InChI is InChI=1S/C10H13N/c1-7-9(10(7)11)8-5-3-2-4-6-8/h2-7,9-10H,11H2,1H3/t7-,9-,10-/m1/s1. The molecule has 0 radical (unpaired) electrons. The van der Waals surface area contributed by atoms with Gasteiger partial charge in [0.15, 0.2) is 0 Å². The lowest BCUT2D eigenvalue weighted by atomic mass is 10.1. The first-order valence-corrected chi connectivity index (χ1v) is 4.11. The molecule has 0 bridgehead atoms. The number of hydrogen-bond donors (Lipinski definition) is 1. The molecule has 1 aromatic rings. The minimum Gasteiger partial charge on any atom is -0.327 e. The lowest BCUT2D eigenvalue weighted by molar-refractivity contribution is 0.885. The lowest BCUT2D eigenvalue weighted by Gasteiger charge is -1.95. The van der Waals surface area contributed by atoms with Crippen molar-refractivity contribution >= 4 is 0 Å². The van der Waals surface area contributed by atoms with E-state index in [2.05, 4.69) is 31.2 Å². The van der Waals surface area contributed by atoms with E-state index in [-0.39, 0.29) is 0 Å². The first kappa shape index (κ1) is 6.86. The van der Waals surface area contributed by atoms with Crippen molar-refractivity contribution in [1.29, 1.82) is 0 Å². The van der Waals surface area contributed by atoms with Crippen molar-refractivity contribution in [1.82, 2.24) is 0 Å². The molecule has 11 heavy (non-hydrogen) atoms. The zero-order valence-corrected chi connectivity index (χ0v) is 6.70. The Morgan fingerprint density at radius 2 is 1.73 bits per heavy atom. The zero-order valence-electron chi connectivity index (χ0n) is 6.70. The highest BCUT2D eigenvalue weighted by atomic mass is 14.8. The van der Waals surface area contributed by atoms with Crippen molar-refractivity contribution in [2.75, 3.05) is 0 Å². The van der Waals surface area contributed by atoms with Gasteiger partial charge in [-0.25, -0.2) is 0 Å². The summed E-state index contributed by atoms with van der Waals surface area (Å²) in [6, 6.07) is 10.9. The minimum absolute atomic E-state index is 0.400. The number of hydrogen-bond acceptors (Lipinski definition) is 1. The molecule has 0 spiro atoms. The molecule has 1 heteroatoms. The van der Waals surface area contributed by atoms with Crippen LogP contribution in [0.5, 0.6) is 0 Å². The maximum absolute atomic E-state index is 5.84. The first-order chi connectivity index (χ1) is 5.30. The maximum atomic E-state index is 5.84. The van der Waals surface area contributed by atoms with E-state index in [1.54, 1.807) is 0 Å². The van der Waals surface area contributed by atoms with Crippen LogP contribution in [0.15, 0.2) is 30.3 Å². The van der Waals surface area contributed by atoms with Gasteiger partial charge in [0.2, 0.25) is 0 Å². The van der Waals surface area contributed by atoms with Gasteiger partial charge in [0.1, 0.15) is 0 Å². The molecular weight excluding hydrogens is 134 g/mol. The number of rotatable bonds is 1. The van der Waals surface area contributed by atoms with Crippen LogP contribution in [0.2, 0.25) is 0 Å². The van der Waals surface area contributed by atoms with Crippen LogP contribution >= 0.6 is 0 Å². The summed E-state index contributed by atoms with van der Waals surface area (Å²) in [7, 11) is 0. The van der Waals surface area contributed by atoms with Crippen LogP contribution in [0.1, 0.15) is 18.4 Å².